The van der Waals surface area contributed by atoms with Crippen LogP contribution < -0.4 is 9.47 Å². The van der Waals surface area contributed by atoms with Crippen LogP contribution in [-0.2, 0) is 6.54 Å². The van der Waals surface area contributed by atoms with Crippen molar-refractivity contribution in [2.75, 3.05) is 26.3 Å². The van der Waals surface area contributed by atoms with Gasteiger partial charge in [0, 0.05) is 12.6 Å². The zero-order valence-corrected chi connectivity index (χ0v) is 10.0. The van der Waals surface area contributed by atoms with Gasteiger partial charge in [0.15, 0.2) is 11.5 Å². The third-order valence-corrected chi connectivity index (χ3v) is 3.32. The van der Waals surface area contributed by atoms with Crippen LogP contribution in [-0.4, -0.2) is 36.2 Å². The molecule has 17 heavy (non-hydrogen) atoms. The zero-order chi connectivity index (χ0) is 11.5. The van der Waals surface area contributed by atoms with E-state index in [0.717, 1.165) is 23.7 Å². The number of piperidine rings is 1. The summed E-state index contributed by atoms with van der Waals surface area (Å²) in [6, 6.07) is 2.02. The Hall–Kier alpha value is -1.29. The van der Waals surface area contributed by atoms with E-state index in [-0.39, 0.29) is 0 Å². The van der Waals surface area contributed by atoms with Gasteiger partial charge < -0.3 is 9.47 Å². The molecule has 4 nitrogen and oxygen atoms in total. The molecule has 0 radical (unpaired) electrons. The minimum atomic E-state index is 0.625. The maximum Gasteiger partial charge on any atom is 0.179 e. The normalized spacial score (nSPS) is 20.2. The molecule has 0 saturated carbocycles. The number of hydrogen-bond donors (Lipinski definition) is 0. The van der Waals surface area contributed by atoms with E-state index in [0.29, 0.717) is 13.2 Å². The third-order valence-electron chi connectivity index (χ3n) is 3.32. The van der Waals surface area contributed by atoms with E-state index < -0.39 is 0 Å². The maximum atomic E-state index is 5.57. The summed E-state index contributed by atoms with van der Waals surface area (Å²) >= 11 is 0. The van der Waals surface area contributed by atoms with E-state index in [4.69, 9.17) is 9.47 Å². The second-order valence-electron chi connectivity index (χ2n) is 4.66. The molecule has 0 atom stereocenters. The van der Waals surface area contributed by atoms with E-state index in [1.54, 1.807) is 6.20 Å². The first-order valence-electron chi connectivity index (χ1n) is 6.39. The Balaban J connectivity index is 1.70. The first-order chi connectivity index (χ1) is 8.42. The highest BCUT2D eigenvalue weighted by molar-refractivity contribution is 5.39. The number of hydrogen-bond acceptors (Lipinski definition) is 4. The second-order valence-corrected chi connectivity index (χ2v) is 4.66. The summed E-state index contributed by atoms with van der Waals surface area (Å²) in [5.74, 6) is 1.62. The van der Waals surface area contributed by atoms with E-state index in [2.05, 4.69) is 9.88 Å². The highest BCUT2D eigenvalue weighted by Crippen LogP contribution is 2.29. The molecule has 1 saturated heterocycles. The highest BCUT2D eigenvalue weighted by atomic mass is 16.6. The lowest BCUT2D eigenvalue weighted by molar-refractivity contribution is 0.169. The molecule has 0 bridgehead atoms. The number of pyridine rings is 1. The van der Waals surface area contributed by atoms with Crippen molar-refractivity contribution in [3.63, 3.8) is 0 Å². The molecular weight excluding hydrogens is 216 g/mol. The van der Waals surface area contributed by atoms with Crippen molar-refractivity contribution in [2.45, 2.75) is 25.8 Å². The van der Waals surface area contributed by atoms with Crippen molar-refractivity contribution in [2.24, 2.45) is 0 Å². The predicted molar refractivity (Wildman–Crippen MR) is 64.4 cm³/mol. The number of likely N-dealkylation sites (tertiary alicyclic amines) is 1. The van der Waals surface area contributed by atoms with Gasteiger partial charge in [-0.2, -0.15) is 0 Å². The van der Waals surface area contributed by atoms with Crippen molar-refractivity contribution in [1.82, 2.24) is 9.88 Å². The molecule has 4 heteroatoms. The number of aromatic nitrogens is 1. The topological polar surface area (TPSA) is 34.6 Å². The summed E-state index contributed by atoms with van der Waals surface area (Å²) in [5, 5.41) is 0. The molecule has 0 aromatic carbocycles. The van der Waals surface area contributed by atoms with Crippen LogP contribution in [0.2, 0.25) is 0 Å². The Morgan fingerprint density at radius 3 is 2.65 bits per heavy atom. The van der Waals surface area contributed by atoms with E-state index in [1.165, 1.54) is 32.4 Å². The van der Waals surface area contributed by atoms with Gasteiger partial charge >= 0.3 is 0 Å². The lowest BCUT2D eigenvalue weighted by Crippen LogP contribution is -2.29. The van der Waals surface area contributed by atoms with Crippen LogP contribution in [0.4, 0.5) is 0 Å². The molecule has 0 amide bonds. The Morgan fingerprint density at radius 2 is 1.82 bits per heavy atom. The standard InChI is InChI=1S/C13H18N2O2/c1-2-4-15(5-3-1)10-11-8-12-13(9-14-11)17-7-6-16-12/h8-9H,1-7,10H2. The molecule has 92 valence electrons. The fourth-order valence-electron chi connectivity index (χ4n) is 2.42. The zero-order valence-electron chi connectivity index (χ0n) is 10.0. The molecule has 2 aliphatic heterocycles. The number of nitrogens with zero attached hydrogens (tertiary/aromatic N) is 2. The van der Waals surface area contributed by atoms with Gasteiger partial charge in [0.2, 0.25) is 0 Å². The lowest BCUT2D eigenvalue weighted by atomic mass is 10.1. The summed E-state index contributed by atoms with van der Waals surface area (Å²) in [7, 11) is 0. The van der Waals surface area contributed by atoms with Gasteiger partial charge in [-0.25, -0.2) is 0 Å². The second kappa shape index (κ2) is 4.92. The number of fused-ring (bicyclic) bond motifs is 1. The van der Waals surface area contributed by atoms with Gasteiger partial charge in [-0.3, -0.25) is 9.88 Å². The van der Waals surface area contributed by atoms with Crippen LogP contribution in [0.1, 0.15) is 25.0 Å². The largest absolute Gasteiger partial charge is 0.486 e. The average molecular weight is 234 g/mol. The summed E-state index contributed by atoms with van der Waals surface area (Å²) < 4.78 is 11.0. The Morgan fingerprint density at radius 1 is 1.06 bits per heavy atom. The van der Waals surface area contributed by atoms with E-state index in [1.807, 2.05) is 6.07 Å². The minimum Gasteiger partial charge on any atom is -0.486 e. The number of rotatable bonds is 2. The van der Waals surface area contributed by atoms with Crippen LogP contribution in [0.15, 0.2) is 12.3 Å². The molecule has 3 heterocycles. The number of ether oxygens (including phenoxy) is 2. The average Bonchev–Trinajstić information content (AvgIpc) is 2.40. The van der Waals surface area contributed by atoms with Crippen LogP contribution in [0, 0.1) is 0 Å². The maximum absolute atomic E-state index is 5.57. The van der Waals surface area contributed by atoms with Crippen molar-refractivity contribution in [3.05, 3.63) is 18.0 Å². The van der Waals surface area contributed by atoms with E-state index in [9.17, 15) is 0 Å². The molecule has 1 fully saturated rings. The van der Waals surface area contributed by atoms with E-state index >= 15 is 0 Å². The third kappa shape index (κ3) is 2.52. The first kappa shape index (κ1) is 10.8. The van der Waals surface area contributed by atoms with Crippen LogP contribution >= 0.6 is 0 Å². The van der Waals surface area contributed by atoms with Gasteiger partial charge in [-0.05, 0) is 25.9 Å². The van der Waals surface area contributed by atoms with Crippen molar-refractivity contribution < 1.29 is 9.47 Å². The monoisotopic (exact) mass is 234 g/mol. The first-order valence-corrected chi connectivity index (χ1v) is 6.39. The van der Waals surface area contributed by atoms with Gasteiger partial charge in [0.1, 0.15) is 13.2 Å². The van der Waals surface area contributed by atoms with Crippen molar-refractivity contribution in [3.8, 4) is 11.5 Å². The quantitative estimate of drug-likeness (QED) is 0.782. The molecule has 3 rings (SSSR count). The molecule has 0 unspecified atom stereocenters. The summed E-state index contributed by atoms with van der Waals surface area (Å²) in [5.41, 5.74) is 1.08. The van der Waals surface area contributed by atoms with Crippen LogP contribution in [0.5, 0.6) is 11.5 Å². The SMILES string of the molecule is c1nc(CN2CCCCC2)cc2c1OCCO2. The molecule has 0 spiro atoms. The Labute approximate surface area is 102 Å². The van der Waals surface area contributed by atoms with Gasteiger partial charge in [0.05, 0.1) is 11.9 Å². The van der Waals surface area contributed by atoms with Crippen molar-refractivity contribution in [1.29, 1.82) is 0 Å². The smallest absolute Gasteiger partial charge is 0.179 e. The predicted octanol–water partition coefficient (Wildman–Crippen LogP) is 1.84. The van der Waals surface area contributed by atoms with Crippen LogP contribution in [0.3, 0.4) is 0 Å². The van der Waals surface area contributed by atoms with Gasteiger partial charge in [-0.1, -0.05) is 6.42 Å². The fourth-order valence-corrected chi connectivity index (χ4v) is 2.42. The lowest BCUT2D eigenvalue weighted by Gasteiger charge is -2.26. The summed E-state index contributed by atoms with van der Waals surface area (Å²) in [6.07, 6.45) is 5.77. The van der Waals surface area contributed by atoms with Gasteiger partial charge in [-0.15, -0.1) is 0 Å². The summed E-state index contributed by atoms with van der Waals surface area (Å²) in [6.45, 7) is 4.57. The summed E-state index contributed by atoms with van der Waals surface area (Å²) in [4.78, 5) is 6.90. The minimum absolute atomic E-state index is 0.625. The van der Waals surface area contributed by atoms with Crippen LogP contribution in [0.25, 0.3) is 0 Å². The van der Waals surface area contributed by atoms with Crippen molar-refractivity contribution >= 4 is 0 Å². The highest BCUT2D eigenvalue weighted by Gasteiger charge is 2.15. The molecule has 2 aliphatic rings. The van der Waals surface area contributed by atoms with Gasteiger partial charge in [0.25, 0.3) is 0 Å². The molecule has 0 N–H and O–H groups in total. The molecule has 1 aromatic heterocycles. The molecule has 1 aromatic rings. The molecule has 0 aliphatic carbocycles. The fraction of sp³-hybridized carbons (Fsp3) is 0.615. The molecular formula is C13H18N2O2. The Kier molecular flexibility index (Phi) is 3.14. The Bertz CT molecular complexity index is 389.